The van der Waals surface area contributed by atoms with Gasteiger partial charge < -0.3 is 15.4 Å². The van der Waals surface area contributed by atoms with Crippen molar-refractivity contribution in [1.82, 2.24) is 9.80 Å². The lowest BCUT2D eigenvalue weighted by molar-refractivity contribution is 0.0122. The summed E-state index contributed by atoms with van der Waals surface area (Å²) in [5, 5.41) is 0. The number of nitrogens with two attached hydrogens (primary N) is 1. The first-order valence-electron chi connectivity index (χ1n) is 7.01. The van der Waals surface area contributed by atoms with Crippen molar-refractivity contribution in [2.24, 2.45) is 11.7 Å². The van der Waals surface area contributed by atoms with Crippen LogP contribution in [0.3, 0.4) is 0 Å². The summed E-state index contributed by atoms with van der Waals surface area (Å²) in [6.45, 7) is 7.37. The molecule has 2 saturated heterocycles. The zero-order valence-electron chi connectivity index (χ0n) is 11.1. The molecular weight excluding hydrogens is 214 g/mol. The summed E-state index contributed by atoms with van der Waals surface area (Å²) in [7, 11) is 2.21. The summed E-state index contributed by atoms with van der Waals surface area (Å²) < 4.78 is 5.62. The van der Waals surface area contributed by atoms with Crippen LogP contribution in [-0.2, 0) is 4.74 Å². The molecule has 0 aromatic heterocycles. The molecule has 4 heteroatoms. The molecule has 0 amide bonds. The Bertz CT molecular complexity index is 219. The Hall–Kier alpha value is -0.160. The van der Waals surface area contributed by atoms with Gasteiger partial charge in [0.05, 0.1) is 6.61 Å². The minimum atomic E-state index is 0.529. The number of nitrogens with zero attached hydrogens (tertiary/aromatic N) is 2. The molecule has 2 heterocycles. The Kier molecular flexibility index (Phi) is 5.22. The zero-order chi connectivity index (χ0) is 12.1. The van der Waals surface area contributed by atoms with E-state index in [0.29, 0.717) is 12.0 Å². The highest BCUT2D eigenvalue weighted by atomic mass is 16.5. The molecule has 2 fully saturated rings. The van der Waals surface area contributed by atoms with Crippen LogP contribution in [0.2, 0.25) is 0 Å². The maximum absolute atomic E-state index is 6.01. The average Bonchev–Trinajstić information content (AvgIpc) is 2.57. The molecule has 100 valence electrons. The molecule has 2 aliphatic heterocycles. The third-order valence-corrected chi connectivity index (χ3v) is 4.20. The van der Waals surface area contributed by atoms with Crippen LogP contribution in [0, 0.1) is 5.92 Å². The molecule has 17 heavy (non-hydrogen) atoms. The second-order valence-corrected chi connectivity index (χ2v) is 5.47. The van der Waals surface area contributed by atoms with E-state index in [-0.39, 0.29) is 0 Å². The fourth-order valence-corrected chi connectivity index (χ4v) is 3.11. The van der Waals surface area contributed by atoms with E-state index < -0.39 is 0 Å². The van der Waals surface area contributed by atoms with Gasteiger partial charge in [-0.2, -0.15) is 0 Å². The fraction of sp³-hybridized carbons (Fsp3) is 1.00. The average molecular weight is 241 g/mol. The lowest BCUT2D eigenvalue weighted by Crippen LogP contribution is -2.49. The third kappa shape index (κ3) is 3.65. The van der Waals surface area contributed by atoms with Gasteiger partial charge in [0.25, 0.3) is 0 Å². The van der Waals surface area contributed by atoms with Crippen LogP contribution in [-0.4, -0.2) is 68.8 Å². The molecule has 0 aromatic rings. The molecule has 2 N–H and O–H groups in total. The van der Waals surface area contributed by atoms with E-state index in [4.69, 9.17) is 10.5 Å². The molecule has 0 saturated carbocycles. The predicted molar refractivity (Wildman–Crippen MR) is 70.1 cm³/mol. The van der Waals surface area contributed by atoms with Crippen molar-refractivity contribution < 1.29 is 4.74 Å². The van der Waals surface area contributed by atoms with E-state index in [1.54, 1.807) is 0 Å². The van der Waals surface area contributed by atoms with Crippen LogP contribution < -0.4 is 5.73 Å². The highest BCUT2D eigenvalue weighted by molar-refractivity contribution is 4.83. The highest BCUT2D eigenvalue weighted by Crippen LogP contribution is 2.22. The van der Waals surface area contributed by atoms with Gasteiger partial charge in [-0.1, -0.05) is 0 Å². The lowest BCUT2D eigenvalue weighted by atomic mass is 9.92. The number of hydrogen-bond donors (Lipinski definition) is 1. The molecule has 0 aliphatic carbocycles. The van der Waals surface area contributed by atoms with Crippen molar-refractivity contribution >= 4 is 0 Å². The summed E-state index contributed by atoms with van der Waals surface area (Å²) in [4.78, 5) is 5.02. The number of likely N-dealkylation sites (N-methyl/N-ethyl adjacent to an activating group) is 1. The SMILES string of the molecule is CN1CCCN(C(CN)C2CCCOC2)CC1. The molecule has 2 rings (SSSR count). The quantitative estimate of drug-likeness (QED) is 0.775. The van der Waals surface area contributed by atoms with E-state index in [1.807, 2.05) is 0 Å². The first-order valence-corrected chi connectivity index (χ1v) is 7.01. The molecular formula is C13H27N3O. The van der Waals surface area contributed by atoms with Gasteiger partial charge in [0.2, 0.25) is 0 Å². The van der Waals surface area contributed by atoms with E-state index >= 15 is 0 Å². The van der Waals surface area contributed by atoms with Gasteiger partial charge in [-0.25, -0.2) is 0 Å². The number of rotatable bonds is 3. The second-order valence-electron chi connectivity index (χ2n) is 5.47. The molecule has 0 radical (unpaired) electrons. The maximum Gasteiger partial charge on any atom is 0.0509 e. The van der Waals surface area contributed by atoms with E-state index in [1.165, 1.54) is 38.9 Å². The van der Waals surface area contributed by atoms with Gasteiger partial charge in [0.15, 0.2) is 0 Å². The number of hydrogen-bond acceptors (Lipinski definition) is 4. The van der Waals surface area contributed by atoms with Crippen molar-refractivity contribution in [3.63, 3.8) is 0 Å². The third-order valence-electron chi connectivity index (χ3n) is 4.20. The van der Waals surface area contributed by atoms with E-state index in [9.17, 15) is 0 Å². The second kappa shape index (κ2) is 6.69. The van der Waals surface area contributed by atoms with Crippen molar-refractivity contribution in [2.45, 2.75) is 25.3 Å². The Balaban J connectivity index is 1.91. The van der Waals surface area contributed by atoms with Gasteiger partial charge in [-0.3, -0.25) is 4.90 Å². The van der Waals surface area contributed by atoms with Crippen molar-refractivity contribution in [3.8, 4) is 0 Å². The largest absolute Gasteiger partial charge is 0.381 e. The Labute approximate surface area is 105 Å². The monoisotopic (exact) mass is 241 g/mol. The Morgan fingerprint density at radius 1 is 1.24 bits per heavy atom. The minimum Gasteiger partial charge on any atom is -0.381 e. The molecule has 0 aromatic carbocycles. The van der Waals surface area contributed by atoms with Crippen LogP contribution in [0.4, 0.5) is 0 Å². The summed E-state index contributed by atoms with van der Waals surface area (Å²) in [6, 6.07) is 0.529. The van der Waals surface area contributed by atoms with E-state index in [2.05, 4.69) is 16.8 Å². The first-order chi connectivity index (χ1) is 8.31. The molecule has 0 spiro atoms. The van der Waals surface area contributed by atoms with E-state index in [0.717, 1.165) is 26.3 Å². The van der Waals surface area contributed by atoms with Crippen LogP contribution in [0.25, 0.3) is 0 Å². The van der Waals surface area contributed by atoms with Crippen LogP contribution in [0.15, 0.2) is 0 Å². The highest BCUT2D eigenvalue weighted by Gasteiger charge is 2.28. The normalized spacial score (nSPS) is 31.1. The lowest BCUT2D eigenvalue weighted by Gasteiger charge is -2.37. The Morgan fingerprint density at radius 2 is 2.12 bits per heavy atom. The Morgan fingerprint density at radius 3 is 2.82 bits per heavy atom. The summed E-state index contributed by atoms with van der Waals surface area (Å²) in [6.07, 6.45) is 3.75. The molecule has 4 nitrogen and oxygen atoms in total. The van der Waals surface area contributed by atoms with Gasteiger partial charge in [0.1, 0.15) is 0 Å². The van der Waals surface area contributed by atoms with Crippen LogP contribution in [0.1, 0.15) is 19.3 Å². The zero-order valence-corrected chi connectivity index (χ0v) is 11.1. The van der Waals surface area contributed by atoms with Gasteiger partial charge in [0, 0.05) is 32.3 Å². The minimum absolute atomic E-state index is 0.529. The van der Waals surface area contributed by atoms with Crippen molar-refractivity contribution in [3.05, 3.63) is 0 Å². The topological polar surface area (TPSA) is 41.7 Å². The van der Waals surface area contributed by atoms with Crippen molar-refractivity contribution in [2.75, 3.05) is 53.0 Å². The predicted octanol–water partition coefficient (Wildman–Crippen LogP) is 0.378. The van der Waals surface area contributed by atoms with Gasteiger partial charge >= 0.3 is 0 Å². The summed E-state index contributed by atoms with van der Waals surface area (Å²) in [5.74, 6) is 0.650. The first kappa shape index (κ1) is 13.3. The van der Waals surface area contributed by atoms with Gasteiger partial charge in [-0.15, -0.1) is 0 Å². The van der Waals surface area contributed by atoms with Crippen LogP contribution >= 0.6 is 0 Å². The molecule has 2 unspecified atom stereocenters. The smallest absolute Gasteiger partial charge is 0.0509 e. The number of ether oxygens (including phenoxy) is 1. The maximum atomic E-state index is 6.01. The standard InChI is InChI=1S/C13H27N3O/c1-15-5-3-6-16(8-7-15)13(10-14)12-4-2-9-17-11-12/h12-13H,2-11,14H2,1H3. The summed E-state index contributed by atoms with van der Waals surface area (Å²) >= 11 is 0. The van der Waals surface area contributed by atoms with Crippen LogP contribution in [0.5, 0.6) is 0 Å². The fourth-order valence-electron chi connectivity index (χ4n) is 3.11. The molecule has 2 aliphatic rings. The molecule has 2 atom stereocenters. The van der Waals surface area contributed by atoms with Gasteiger partial charge in [-0.05, 0) is 45.3 Å². The molecule has 0 bridgehead atoms. The summed E-state index contributed by atoms with van der Waals surface area (Å²) in [5.41, 5.74) is 6.01. The van der Waals surface area contributed by atoms with Crippen molar-refractivity contribution in [1.29, 1.82) is 0 Å².